The van der Waals surface area contributed by atoms with Gasteiger partial charge in [0.05, 0.1) is 19.4 Å². The van der Waals surface area contributed by atoms with Crippen LogP contribution >= 0.6 is 0 Å². The molecule has 0 aliphatic carbocycles. The molecule has 3 rings (SSSR count). The number of carbonyl (C=O) groups excluding carboxylic acids is 1. The molecule has 0 saturated carbocycles. The van der Waals surface area contributed by atoms with Crippen LogP contribution in [0.3, 0.4) is 0 Å². The average Bonchev–Trinajstić information content (AvgIpc) is 2.69. The number of ether oxygens (including phenoxy) is 1. The SMILES string of the molecule is COC(=O)N1CCC[C@@H](NS(C)(=O)=O)[C@H]1Cc1cccc(-c2cc(F)ccc2F)c1. The fourth-order valence-electron chi connectivity index (χ4n) is 3.89. The number of hydrogen-bond donors (Lipinski definition) is 1. The quantitative estimate of drug-likeness (QED) is 0.777. The summed E-state index contributed by atoms with van der Waals surface area (Å²) in [5.41, 5.74) is 1.39. The van der Waals surface area contributed by atoms with Gasteiger partial charge in [-0.3, -0.25) is 0 Å². The van der Waals surface area contributed by atoms with Gasteiger partial charge in [-0.1, -0.05) is 24.3 Å². The Labute approximate surface area is 174 Å². The standard InChI is InChI=1S/C21H24F2N2O4S/c1-29-21(26)25-10-4-7-19(24-30(2,27)28)20(25)12-14-5-3-6-15(11-14)17-13-16(22)8-9-18(17)23/h3,5-6,8-9,11,13,19-20,24H,4,7,10,12H2,1-2H3/t19-,20-/m1/s1. The van der Waals surface area contributed by atoms with Crippen molar-refractivity contribution < 1.29 is 26.7 Å². The fraction of sp³-hybridized carbons (Fsp3) is 0.381. The van der Waals surface area contributed by atoms with Crippen LogP contribution in [0, 0.1) is 11.6 Å². The van der Waals surface area contributed by atoms with Crippen LogP contribution in [-0.2, 0) is 21.2 Å². The molecular weight excluding hydrogens is 414 g/mol. The van der Waals surface area contributed by atoms with Crippen molar-refractivity contribution in [1.29, 1.82) is 0 Å². The van der Waals surface area contributed by atoms with E-state index in [1.165, 1.54) is 12.0 Å². The molecule has 2 atom stereocenters. The van der Waals surface area contributed by atoms with E-state index in [1.54, 1.807) is 18.2 Å². The van der Waals surface area contributed by atoms with Crippen molar-refractivity contribution in [2.24, 2.45) is 0 Å². The van der Waals surface area contributed by atoms with Gasteiger partial charge in [-0.15, -0.1) is 0 Å². The van der Waals surface area contributed by atoms with Crippen molar-refractivity contribution in [3.05, 3.63) is 59.7 Å². The molecule has 1 fully saturated rings. The van der Waals surface area contributed by atoms with E-state index in [2.05, 4.69) is 4.72 Å². The number of sulfonamides is 1. The van der Waals surface area contributed by atoms with Crippen molar-refractivity contribution in [1.82, 2.24) is 9.62 Å². The third kappa shape index (κ3) is 5.34. The molecule has 162 valence electrons. The number of likely N-dealkylation sites (tertiary alicyclic amines) is 1. The van der Waals surface area contributed by atoms with Crippen LogP contribution < -0.4 is 4.72 Å². The van der Waals surface area contributed by atoms with Gasteiger partial charge in [0, 0.05) is 18.2 Å². The van der Waals surface area contributed by atoms with Gasteiger partial charge in [0.2, 0.25) is 10.0 Å². The lowest BCUT2D eigenvalue weighted by Gasteiger charge is -2.40. The van der Waals surface area contributed by atoms with E-state index in [0.717, 1.165) is 30.0 Å². The maximum atomic E-state index is 14.2. The van der Waals surface area contributed by atoms with Crippen molar-refractivity contribution in [2.45, 2.75) is 31.3 Å². The van der Waals surface area contributed by atoms with E-state index in [9.17, 15) is 22.0 Å². The van der Waals surface area contributed by atoms with Crippen molar-refractivity contribution in [3.8, 4) is 11.1 Å². The Hall–Kier alpha value is -2.52. The fourth-order valence-corrected chi connectivity index (χ4v) is 4.72. The van der Waals surface area contributed by atoms with E-state index in [0.29, 0.717) is 31.4 Å². The monoisotopic (exact) mass is 438 g/mol. The maximum Gasteiger partial charge on any atom is 0.409 e. The van der Waals surface area contributed by atoms with Gasteiger partial charge >= 0.3 is 6.09 Å². The predicted octanol–water partition coefficient (Wildman–Crippen LogP) is 3.32. The molecule has 2 aromatic carbocycles. The van der Waals surface area contributed by atoms with Gasteiger partial charge in [-0.2, -0.15) is 0 Å². The summed E-state index contributed by atoms with van der Waals surface area (Å²) < 4.78 is 58.9. The molecule has 2 aromatic rings. The van der Waals surface area contributed by atoms with Gasteiger partial charge in [0.1, 0.15) is 11.6 Å². The Morgan fingerprint density at radius 3 is 2.70 bits per heavy atom. The minimum absolute atomic E-state index is 0.135. The number of piperidine rings is 1. The molecule has 30 heavy (non-hydrogen) atoms. The zero-order valence-corrected chi connectivity index (χ0v) is 17.6. The molecule has 6 nitrogen and oxygen atoms in total. The van der Waals surface area contributed by atoms with Crippen LogP contribution in [0.1, 0.15) is 18.4 Å². The highest BCUT2D eigenvalue weighted by Gasteiger charge is 2.36. The molecule has 1 aliphatic rings. The zero-order valence-electron chi connectivity index (χ0n) is 16.8. The minimum atomic E-state index is -3.49. The Kier molecular flexibility index (Phi) is 6.72. The van der Waals surface area contributed by atoms with E-state index >= 15 is 0 Å². The number of benzene rings is 2. The summed E-state index contributed by atoms with van der Waals surface area (Å²) in [7, 11) is -2.21. The number of halogens is 2. The molecular formula is C21H24F2N2O4S. The number of amides is 1. The number of carbonyl (C=O) groups is 1. The van der Waals surface area contributed by atoms with Crippen LogP contribution in [0.15, 0.2) is 42.5 Å². The first-order chi connectivity index (χ1) is 14.2. The second kappa shape index (κ2) is 9.09. The normalized spacial score (nSPS) is 19.5. The molecule has 1 N–H and O–H groups in total. The topological polar surface area (TPSA) is 75.7 Å². The van der Waals surface area contributed by atoms with Crippen LogP contribution in [0.5, 0.6) is 0 Å². The number of rotatable bonds is 5. The summed E-state index contributed by atoms with van der Waals surface area (Å²) in [5.74, 6) is -1.09. The highest BCUT2D eigenvalue weighted by atomic mass is 32.2. The van der Waals surface area contributed by atoms with Gasteiger partial charge < -0.3 is 9.64 Å². The molecule has 0 aromatic heterocycles. The maximum absolute atomic E-state index is 14.2. The second-order valence-electron chi connectivity index (χ2n) is 7.40. The number of nitrogens with zero attached hydrogens (tertiary/aromatic N) is 1. The van der Waals surface area contributed by atoms with Gasteiger partial charge in [0.15, 0.2) is 0 Å². The van der Waals surface area contributed by atoms with Gasteiger partial charge in [0.25, 0.3) is 0 Å². The Morgan fingerprint density at radius 1 is 1.23 bits per heavy atom. The summed E-state index contributed by atoms with van der Waals surface area (Å²) in [6, 6.07) is 9.22. The third-order valence-electron chi connectivity index (χ3n) is 5.16. The third-order valence-corrected chi connectivity index (χ3v) is 5.90. The van der Waals surface area contributed by atoms with Crippen molar-refractivity contribution in [2.75, 3.05) is 19.9 Å². The number of methoxy groups -OCH3 is 1. The molecule has 0 unspecified atom stereocenters. The van der Waals surface area contributed by atoms with Crippen molar-refractivity contribution >= 4 is 16.1 Å². The second-order valence-corrected chi connectivity index (χ2v) is 9.18. The summed E-state index contributed by atoms with van der Waals surface area (Å²) in [5, 5.41) is 0. The lowest BCUT2D eigenvalue weighted by Crippen LogP contribution is -2.57. The molecule has 1 saturated heterocycles. The molecule has 9 heteroatoms. The molecule has 0 spiro atoms. The van der Waals surface area contributed by atoms with Gasteiger partial charge in [-0.25, -0.2) is 26.7 Å². The highest BCUT2D eigenvalue weighted by molar-refractivity contribution is 7.88. The van der Waals surface area contributed by atoms with Crippen LogP contribution in [0.2, 0.25) is 0 Å². The highest BCUT2D eigenvalue weighted by Crippen LogP contribution is 2.27. The zero-order chi connectivity index (χ0) is 21.9. The molecule has 1 aliphatic heterocycles. The minimum Gasteiger partial charge on any atom is -0.453 e. The summed E-state index contributed by atoms with van der Waals surface area (Å²) >= 11 is 0. The predicted molar refractivity (Wildman–Crippen MR) is 109 cm³/mol. The largest absolute Gasteiger partial charge is 0.453 e. The van der Waals surface area contributed by atoms with E-state index < -0.39 is 39.8 Å². The Morgan fingerprint density at radius 2 is 2.00 bits per heavy atom. The smallest absolute Gasteiger partial charge is 0.409 e. The first kappa shape index (κ1) is 22.2. The van der Waals surface area contributed by atoms with Gasteiger partial charge in [-0.05, 0) is 48.6 Å². The number of nitrogens with one attached hydrogen (secondary N) is 1. The van der Waals surface area contributed by atoms with Crippen LogP contribution in [0.4, 0.5) is 13.6 Å². The molecule has 1 heterocycles. The van der Waals surface area contributed by atoms with E-state index in [4.69, 9.17) is 4.74 Å². The van der Waals surface area contributed by atoms with E-state index in [-0.39, 0.29) is 5.56 Å². The summed E-state index contributed by atoms with van der Waals surface area (Å²) in [6.07, 6.45) is 2.07. The Bertz CT molecular complexity index is 1030. The molecule has 0 bridgehead atoms. The van der Waals surface area contributed by atoms with Crippen molar-refractivity contribution in [3.63, 3.8) is 0 Å². The van der Waals surface area contributed by atoms with Crippen LogP contribution in [-0.4, -0.2) is 51.4 Å². The summed E-state index contributed by atoms with van der Waals surface area (Å²) in [4.78, 5) is 13.8. The van der Waals surface area contributed by atoms with Crippen LogP contribution in [0.25, 0.3) is 11.1 Å². The number of hydrogen-bond acceptors (Lipinski definition) is 4. The summed E-state index contributed by atoms with van der Waals surface area (Å²) in [6.45, 7) is 0.442. The average molecular weight is 438 g/mol. The lowest BCUT2D eigenvalue weighted by molar-refractivity contribution is 0.0792. The molecule has 0 radical (unpaired) electrons. The van der Waals surface area contributed by atoms with E-state index in [1.807, 2.05) is 6.07 Å². The first-order valence-corrected chi connectivity index (χ1v) is 11.4. The molecule has 1 amide bonds. The first-order valence-electron chi connectivity index (χ1n) is 9.54. The Balaban J connectivity index is 1.93. The lowest BCUT2D eigenvalue weighted by atomic mass is 9.90.